The largest absolute Gasteiger partial charge is 0.481 e. The molecule has 1 spiro atoms. The molecule has 1 heterocycles. The fourth-order valence-electron chi connectivity index (χ4n) is 4.25. The van der Waals surface area contributed by atoms with Gasteiger partial charge in [-0.25, -0.2) is 9.98 Å². The fourth-order valence-corrected chi connectivity index (χ4v) is 5.18. The monoisotopic (exact) mass is 569 g/mol. The van der Waals surface area contributed by atoms with E-state index in [1.54, 1.807) is 0 Å². The maximum atomic E-state index is 11.3. The lowest BCUT2D eigenvalue weighted by atomic mass is 9.79. The molecule has 0 bridgehead atoms. The number of hydrogen-bond donors (Lipinski definition) is 1. The van der Waals surface area contributed by atoms with Gasteiger partial charge in [0.15, 0.2) is 11.0 Å². The van der Waals surface area contributed by atoms with Crippen LogP contribution in [0, 0.1) is 6.92 Å². The van der Waals surface area contributed by atoms with Gasteiger partial charge in [-0.15, -0.1) is 24.0 Å². The molecule has 1 N–H and O–H groups in total. The molecular weight excluding hydrogens is 545 g/mol. The molecule has 1 aliphatic heterocycles. The third-order valence-electron chi connectivity index (χ3n) is 5.66. The van der Waals surface area contributed by atoms with Crippen molar-refractivity contribution in [2.45, 2.75) is 44.6 Å². The topological polar surface area (TPSA) is 65.3 Å². The van der Waals surface area contributed by atoms with Crippen molar-refractivity contribution < 1.29 is 9.90 Å². The van der Waals surface area contributed by atoms with E-state index in [4.69, 9.17) is 21.6 Å². The summed E-state index contributed by atoms with van der Waals surface area (Å²) in [5, 5.41) is 10.7. The van der Waals surface area contributed by atoms with Gasteiger partial charge in [0, 0.05) is 10.7 Å². The van der Waals surface area contributed by atoms with Crippen molar-refractivity contribution in [2.24, 2.45) is 9.98 Å². The summed E-state index contributed by atoms with van der Waals surface area (Å²) in [6.07, 6.45) is 5.25. The lowest BCUT2D eigenvalue weighted by Crippen LogP contribution is -2.53. The number of aliphatic carboxylic acids is 1. The second-order valence-corrected chi connectivity index (χ2v) is 9.08. The number of para-hydroxylation sites is 1. The third-order valence-corrected chi connectivity index (χ3v) is 6.84. The quantitative estimate of drug-likeness (QED) is 0.417. The van der Waals surface area contributed by atoms with E-state index in [0.717, 1.165) is 48.5 Å². The van der Waals surface area contributed by atoms with Crippen LogP contribution in [0.2, 0.25) is 5.02 Å². The van der Waals surface area contributed by atoms with E-state index in [1.807, 2.05) is 36.4 Å². The van der Waals surface area contributed by atoms with Crippen molar-refractivity contribution in [3.8, 4) is 0 Å². The molecule has 4 rings (SSSR count). The first-order chi connectivity index (χ1) is 14.5. The van der Waals surface area contributed by atoms with E-state index in [9.17, 15) is 9.90 Å². The van der Waals surface area contributed by atoms with Gasteiger partial charge in [0.1, 0.15) is 5.54 Å². The molecule has 2 aromatic carbocycles. The standard InChI is InChI=1S/C23H24ClN3O2S.HI/c1-16-7-3-4-8-19(16)27-22(30-15-20(28)29)26-21(23(27)13-5-2-6-14-23)25-18-11-9-17(24)10-12-18;/h3-4,7-12H,2,5-6,13-15H2,1H3,(H,28,29);1H. The number of amidine groups is 2. The molecule has 0 atom stereocenters. The minimum Gasteiger partial charge on any atom is -0.481 e. The smallest absolute Gasteiger partial charge is 0.313 e. The van der Waals surface area contributed by atoms with Gasteiger partial charge in [-0.05, 0) is 55.7 Å². The molecule has 0 aromatic heterocycles. The highest BCUT2D eigenvalue weighted by Crippen LogP contribution is 2.45. The predicted molar refractivity (Wildman–Crippen MR) is 141 cm³/mol. The van der Waals surface area contributed by atoms with E-state index in [2.05, 4.69) is 24.0 Å². The van der Waals surface area contributed by atoms with Crippen LogP contribution in [0.25, 0.3) is 0 Å². The fraction of sp³-hybridized carbons (Fsp3) is 0.348. The summed E-state index contributed by atoms with van der Waals surface area (Å²) < 4.78 is 0. The van der Waals surface area contributed by atoms with E-state index in [-0.39, 0.29) is 35.3 Å². The summed E-state index contributed by atoms with van der Waals surface area (Å²) in [7, 11) is 0. The number of benzene rings is 2. The number of halogens is 2. The number of nitrogens with zero attached hydrogens (tertiary/aromatic N) is 3. The van der Waals surface area contributed by atoms with Gasteiger partial charge in [0.25, 0.3) is 0 Å². The van der Waals surface area contributed by atoms with E-state index >= 15 is 0 Å². The third kappa shape index (κ3) is 5.09. The van der Waals surface area contributed by atoms with Crippen LogP contribution >= 0.6 is 47.3 Å². The van der Waals surface area contributed by atoms with Crippen LogP contribution in [-0.2, 0) is 4.79 Å². The Morgan fingerprint density at radius 2 is 1.84 bits per heavy atom. The highest BCUT2D eigenvalue weighted by Gasteiger charge is 2.50. The Morgan fingerprint density at radius 3 is 2.48 bits per heavy atom. The normalized spacial score (nSPS) is 18.7. The van der Waals surface area contributed by atoms with Crippen LogP contribution in [0.4, 0.5) is 11.4 Å². The number of carboxylic acids is 1. The zero-order valence-electron chi connectivity index (χ0n) is 17.3. The van der Waals surface area contributed by atoms with E-state index < -0.39 is 5.97 Å². The highest BCUT2D eigenvalue weighted by atomic mass is 127. The van der Waals surface area contributed by atoms with Crippen molar-refractivity contribution in [1.29, 1.82) is 0 Å². The first kappa shape index (κ1) is 24.1. The van der Waals surface area contributed by atoms with Gasteiger partial charge >= 0.3 is 5.97 Å². The van der Waals surface area contributed by atoms with Crippen molar-refractivity contribution in [3.05, 3.63) is 59.1 Å². The number of anilines is 1. The van der Waals surface area contributed by atoms with Crippen molar-refractivity contribution >= 4 is 75.7 Å². The number of carbonyl (C=O) groups is 1. The molecule has 2 aliphatic rings. The molecule has 0 amide bonds. The average Bonchev–Trinajstić information content (AvgIpc) is 3.01. The predicted octanol–water partition coefficient (Wildman–Crippen LogP) is 6.69. The minimum absolute atomic E-state index is 0. The number of hydrogen-bond acceptors (Lipinski definition) is 4. The molecule has 5 nitrogen and oxygen atoms in total. The SMILES string of the molecule is Cc1ccccc1N1C(SCC(=O)O)=NC(=Nc2ccc(Cl)cc2)C12CCCCC2.I. The molecule has 0 saturated heterocycles. The molecule has 1 saturated carbocycles. The summed E-state index contributed by atoms with van der Waals surface area (Å²) in [6.45, 7) is 2.08. The zero-order valence-corrected chi connectivity index (χ0v) is 21.2. The summed E-state index contributed by atoms with van der Waals surface area (Å²) in [4.78, 5) is 23.4. The first-order valence-corrected chi connectivity index (χ1v) is 11.5. The second kappa shape index (κ2) is 10.4. The minimum atomic E-state index is -0.854. The van der Waals surface area contributed by atoms with Crippen molar-refractivity contribution in [1.82, 2.24) is 0 Å². The Hall–Kier alpha value is -1.58. The molecular formula is C23H25ClIN3O2S. The molecule has 0 radical (unpaired) electrons. The van der Waals surface area contributed by atoms with Gasteiger partial charge in [0.05, 0.1) is 11.4 Å². The number of thioether (sulfide) groups is 1. The van der Waals surface area contributed by atoms with Gasteiger partial charge in [-0.2, -0.15) is 0 Å². The Kier molecular flexibility index (Phi) is 8.04. The first-order valence-electron chi connectivity index (χ1n) is 10.1. The Morgan fingerprint density at radius 1 is 1.16 bits per heavy atom. The van der Waals surface area contributed by atoms with Gasteiger partial charge in [0.2, 0.25) is 0 Å². The Labute approximate surface area is 209 Å². The molecule has 164 valence electrons. The summed E-state index contributed by atoms with van der Waals surface area (Å²) in [5.41, 5.74) is 2.65. The second-order valence-electron chi connectivity index (χ2n) is 7.70. The average molecular weight is 570 g/mol. The van der Waals surface area contributed by atoms with Crippen molar-refractivity contribution in [3.63, 3.8) is 0 Å². The zero-order chi connectivity index (χ0) is 21.1. The van der Waals surface area contributed by atoms with Crippen LogP contribution in [-0.4, -0.2) is 33.4 Å². The lowest BCUT2D eigenvalue weighted by Gasteiger charge is -2.43. The Bertz CT molecular complexity index is 1000. The number of carboxylic acid groups (broad SMARTS) is 1. The molecule has 1 aliphatic carbocycles. The van der Waals surface area contributed by atoms with Crippen molar-refractivity contribution in [2.75, 3.05) is 10.7 Å². The molecule has 8 heteroatoms. The summed E-state index contributed by atoms with van der Waals surface area (Å²) in [6, 6.07) is 15.6. The lowest BCUT2D eigenvalue weighted by molar-refractivity contribution is -0.133. The van der Waals surface area contributed by atoms with Crippen LogP contribution in [0.1, 0.15) is 37.7 Å². The number of aliphatic imine (C=N–C) groups is 2. The van der Waals surface area contributed by atoms with Gasteiger partial charge in [-0.1, -0.05) is 60.8 Å². The van der Waals surface area contributed by atoms with Gasteiger partial charge in [-0.3, -0.25) is 4.79 Å². The Balaban J connectivity index is 0.00000272. The van der Waals surface area contributed by atoms with E-state index in [1.165, 1.54) is 18.2 Å². The molecule has 1 fully saturated rings. The number of aryl methyl sites for hydroxylation is 1. The van der Waals surface area contributed by atoms with Crippen LogP contribution in [0.15, 0.2) is 58.5 Å². The van der Waals surface area contributed by atoms with Gasteiger partial charge < -0.3 is 10.0 Å². The van der Waals surface area contributed by atoms with Crippen LogP contribution in [0.3, 0.4) is 0 Å². The van der Waals surface area contributed by atoms with Crippen LogP contribution in [0.5, 0.6) is 0 Å². The molecule has 0 unspecified atom stereocenters. The maximum absolute atomic E-state index is 11.3. The highest BCUT2D eigenvalue weighted by molar-refractivity contribution is 14.0. The summed E-state index contributed by atoms with van der Waals surface area (Å²) in [5.74, 6) is -0.125. The number of rotatable bonds is 4. The molecule has 2 aromatic rings. The maximum Gasteiger partial charge on any atom is 0.313 e. The molecule has 31 heavy (non-hydrogen) atoms. The van der Waals surface area contributed by atoms with Crippen LogP contribution < -0.4 is 4.90 Å². The van der Waals surface area contributed by atoms with E-state index in [0.29, 0.717) is 10.2 Å². The summed E-state index contributed by atoms with van der Waals surface area (Å²) >= 11 is 7.30.